The van der Waals surface area contributed by atoms with Crippen molar-refractivity contribution < 1.29 is 9.52 Å². The maximum Gasteiger partial charge on any atom is 0.162 e. The lowest BCUT2D eigenvalue weighted by Crippen LogP contribution is -2.17. The first-order valence-corrected chi connectivity index (χ1v) is 24.9. The molecule has 0 fully saturated rings. The molecule has 360 valence electrons. The van der Waals surface area contributed by atoms with E-state index in [9.17, 15) is 10.5 Å². The van der Waals surface area contributed by atoms with Gasteiger partial charge in [0.15, 0.2) is 5.76 Å². The van der Waals surface area contributed by atoms with Crippen LogP contribution in [-0.2, 0) is 22.7 Å². The van der Waals surface area contributed by atoms with Gasteiger partial charge in [-0.05, 0) is 116 Å². The smallest absolute Gasteiger partial charge is 0.162 e. The highest BCUT2D eigenvalue weighted by molar-refractivity contribution is 6.18. The molecular formula is C65H68N4O2. The summed E-state index contributed by atoms with van der Waals surface area (Å²) in [6.07, 6.45) is 0.954. The third kappa shape index (κ3) is 9.53. The number of para-hydroxylation sites is 1. The molecule has 0 saturated carbocycles. The van der Waals surface area contributed by atoms with Crippen LogP contribution in [0, 0.1) is 16.2 Å². The molecule has 9 rings (SSSR count). The lowest BCUT2D eigenvalue weighted by molar-refractivity contribution is 0.411. The fourth-order valence-corrected chi connectivity index (χ4v) is 9.80. The van der Waals surface area contributed by atoms with E-state index in [4.69, 9.17) is 14.8 Å². The minimum absolute atomic E-state index is 0.108. The van der Waals surface area contributed by atoms with Crippen molar-refractivity contribution >= 4 is 33.2 Å². The first kappa shape index (κ1) is 48.7. The number of hydrogen-bond donors (Lipinski definition) is 3. The van der Waals surface area contributed by atoms with E-state index in [0.29, 0.717) is 39.7 Å². The Balaban J connectivity index is 1.31. The molecule has 0 aliphatic heterocycles. The van der Waals surface area contributed by atoms with Crippen LogP contribution in [0.2, 0.25) is 0 Å². The molecule has 0 spiro atoms. The summed E-state index contributed by atoms with van der Waals surface area (Å²) >= 11 is 0. The zero-order chi connectivity index (χ0) is 50.9. The monoisotopic (exact) mass is 937 g/mol. The average molecular weight is 937 g/mol. The summed E-state index contributed by atoms with van der Waals surface area (Å²) in [6.45, 7) is 28.3. The number of aromatic nitrogens is 2. The number of nitrogens with one attached hydrogen (secondary N) is 2. The Bertz CT molecular complexity index is 3520. The SMILES string of the molecule is CC(=N)c1cc(-c2ccc(CC(C)(C)C)cc2)oc1C(=N)c1cc(-c2cccc3c2nc(-c2cc(C(C)(C)C)cc(C(C)(C)C)c2O)n3-c2ccc(C(C)(C)C)cc2-c2ccccc2)c2ccccc2c1. The summed E-state index contributed by atoms with van der Waals surface area (Å²) in [5.74, 6) is 1.83. The number of furan rings is 1. The molecular weight excluding hydrogens is 869 g/mol. The number of phenolic OH excluding ortho intramolecular Hbond substituents is 1. The van der Waals surface area contributed by atoms with Gasteiger partial charge in [0.05, 0.1) is 22.3 Å². The topological polar surface area (TPSA) is 98.9 Å². The van der Waals surface area contributed by atoms with E-state index < -0.39 is 0 Å². The number of rotatable bonds is 9. The number of imidazole rings is 1. The Morgan fingerprint density at radius 3 is 1.90 bits per heavy atom. The first-order chi connectivity index (χ1) is 33.4. The van der Waals surface area contributed by atoms with Gasteiger partial charge in [-0.2, -0.15) is 0 Å². The first-order valence-electron chi connectivity index (χ1n) is 24.9. The zero-order valence-electron chi connectivity index (χ0n) is 43.8. The molecule has 0 radical (unpaired) electrons. The number of nitrogens with zero attached hydrogens (tertiary/aromatic N) is 2. The van der Waals surface area contributed by atoms with Gasteiger partial charge < -0.3 is 14.9 Å². The van der Waals surface area contributed by atoms with Crippen LogP contribution in [-0.4, -0.2) is 26.1 Å². The van der Waals surface area contributed by atoms with Crippen molar-refractivity contribution in [1.82, 2.24) is 9.55 Å². The van der Waals surface area contributed by atoms with Crippen molar-refractivity contribution in [3.8, 4) is 56.4 Å². The Kier molecular flexibility index (Phi) is 12.2. The second-order valence-corrected chi connectivity index (χ2v) is 23.7. The van der Waals surface area contributed by atoms with Crippen molar-refractivity contribution in [2.45, 2.75) is 113 Å². The van der Waals surface area contributed by atoms with E-state index >= 15 is 0 Å². The summed E-state index contributed by atoms with van der Waals surface area (Å²) in [6, 6.07) is 50.7. The van der Waals surface area contributed by atoms with Crippen LogP contribution in [0.4, 0.5) is 0 Å². The van der Waals surface area contributed by atoms with Crippen LogP contribution in [0.5, 0.6) is 5.75 Å². The Hall–Kier alpha value is -7.31. The van der Waals surface area contributed by atoms with E-state index in [1.165, 1.54) is 11.1 Å². The third-order valence-corrected chi connectivity index (χ3v) is 13.7. The van der Waals surface area contributed by atoms with Crippen LogP contribution in [0.1, 0.15) is 129 Å². The molecule has 6 nitrogen and oxygen atoms in total. The normalized spacial score (nSPS) is 12.5. The summed E-state index contributed by atoms with van der Waals surface area (Å²) in [5.41, 5.74) is 13.8. The van der Waals surface area contributed by atoms with Gasteiger partial charge in [-0.3, -0.25) is 9.98 Å². The highest BCUT2D eigenvalue weighted by atomic mass is 16.3. The molecule has 0 bridgehead atoms. The maximum absolute atomic E-state index is 12.6. The number of fused-ring (bicyclic) bond motifs is 2. The van der Waals surface area contributed by atoms with E-state index in [1.807, 2.05) is 24.3 Å². The van der Waals surface area contributed by atoms with Gasteiger partial charge in [-0.1, -0.05) is 186 Å². The van der Waals surface area contributed by atoms with Crippen LogP contribution in [0.3, 0.4) is 0 Å². The quantitative estimate of drug-likeness (QED) is 0.126. The highest BCUT2D eigenvalue weighted by Crippen LogP contribution is 2.46. The second kappa shape index (κ2) is 17.8. The van der Waals surface area contributed by atoms with Crippen LogP contribution in [0.15, 0.2) is 150 Å². The molecule has 0 atom stereocenters. The van der Waals surface area contributed by atoms with E-state index in [-0.39, 0.29) is 33.1 Å². The zero-order valence-corrected chi connectivity index (χ0v) is 43.8. The predicted octanol–water partition coefficient (Wildman–Crippen LogP) is 17.4. The summed E-state index contributed by atoms with van der Waals surface area (Å²) in [4.78, 5) is 5.69. The third-order valence-electron chi connectivity index (χ3n) is 13.7. The molecule has 0 saturated heterocycles. The van der Waals surface area contributed by atoms with Gasteiger partial charge in [0.1, 0.15) is 23.0 Å². The van der Waals surface area contributed by atoms with Gasteiger partial charge in [0.25, 0.3) is 0 Å². The second-order valence-electron chi connectivity index (χ2n) is 23.7. The molecule has 71 heavy (non-hydrogen) atoms. The molecule has 2 heterocycles. The maximum atomic E-state index is 12.6. The standard InChI is InChI=1S/C65H68N4O2/c1-39(66)49-37-56(42-28-26-40(27-29-42)38-62(2,3)4)71-60(49)57(67)44-32-43-22-17-18-23-47(43)51(33-44)48-24-19-25-55-58(48)68-61(52-35-46(64(8,9)10)36-53(59(52)70)65(11,12)13)69(55)54-31-30-45(63(5,6)7)34-50(54)41-20-15-14-16-21-41/h14-37,66-67,70H,38H2,1-13H3. The van der Waals surface area contributed by atoms with Crippen LogP contribution >= 0.6 is 0 Å². The molecule has 0 amide bonds. The molecule has 6 heteroatoms. The fourth-order valence-electron chi connectivity index (χ4n) is 9.80. The molecule has 3 N–H and O–H groups in total. The van der Waals surface area contributed by atoms with Crippen molar-refractivity contribution in [3.05, 3.63) is 185 Å². The van der Waals surface area contributed by atoms with Crippen molar-refractivity contribution in [3.63, 3.8) is 0 Å². The molecule has 9 aromatic rings. The van der Waals surface area contributed by atoms with E-state index in [2.05, 4.69) is 209 Å². The average Bonchev–Trinajstić information content (AvgIpc) is 3.93. The van der Waals surface area contributed by atoms with Gasteiger partial charge in [-0.15, -0.1) is 0 Å². The van der Waals surface area contributed by atoms with Gasteiger partial charge >= 0.3 is 0 Å². The summed E-state index contributed by atoms with van der Waals surface area (Å²) < 4.78 is 8.86. The Morgan fingerprint density at radius 2 is 1.25 bits per heavy atom. The van der Waals surface area contributed by atoms with Crippen LogP contribution in [0.25, 0.3) is 72.5 Å². The van der Waals surface area contributed by atoms with Crippen molar-refractivity contribution in [1.29, 1.82) is 10.8 Å². The molecule has 0 aliphatic rings. The fraction of sp³-hybridized carbons (Fsp3) is 0.277. The van der Waals surface area contributed by atoms with Gasteiger partial charge in [0.2, 0.25) is 0 Å². The minimum atomic E-state index is -0.364. The lowest BCUT2D eigenvalue weighted by Gasteiger charge is -2.28. The number of phenols is 1. The van der Waals surface area contributed by atoms with E-state index in [1.54, 1.807) is 6.92 Å². The summed E-state index contributed by atoms with van der Waals surface area (Å²) in [5, 5.41) is 33.3. The van der Waals surface area contributed by atoms with Gasteiger partial charge in [0, 0.05) is 39.1 Å². The molecule has 0 unspecified atom stereocenters. The van der Waals surface area contributed by atoms with Crippen LogP contribution < -0.4 is 0 Å². The number of hydrogen-bond acceptors (Lipinski definition) is 5. The minimum Gasteiger partial charge on any atom is -0.507 e. The Morgan fingerprint density at radius 1 is 0.592 bits per heavy atom. The summed E-state index contributed by atoms with van der Waals surface area (Å²) in [7, 11) is 0. The highest BCUT2D eigenvalue weighted by Gasteiger charge is 2.30. The largest absolute Gasteiger partial charge is 0.507 e. The predicted molar refractivity (Wildman–Crippen MR) is 298 cm³/mol. The molecule has 0 aliphatic carbocycles. The van der Waals surface area contributed by atoms with E-state index in [0.717, 1.165) is 72.9 Å². The Labute approximate surface area is 420 Å². The number of benzene rings is 7. The number of aromatic hydroxyl groups is 1. The van der Waals surface area contributed by atoms with Gasteiger partial charge in [-0.25, -0.2) is 4.98 Å². The van der Waals surface area contributed by atoms with Crippen molar-refractivity contribution in [2.24, 2.45) is 5.41 Å². The molecule has 2 aromatic heterocycles. The lowest BCUT2D eigenvalue weighted by atomic mass is 9.79. The molecule has 7 aromatic carbocycles. The van der Waals surface area contributed by atoms with Crippen molar-refractivity contribution in [2.75, 3.05) is 0 Å².